The molecule has 0 saturated heterocycles. The van der Waals surface area contributed by atoms with Crippen molar-refractivity contribution in [1.82, 2.24) is 0 Å². The van der Waals surface area contributed by atoms with Crippen LogP contribution in [0.5, 0.6) is 0 Å². The Kier molecular flexibility index (Phi) is 8.74. The number of rotatable bonds is 8. The van der Waals surface area contributed by atoms with E-state index in [-0.39, 0.29) is 0 Å². The van der Waals surface area contributed by atoms with Crippen molar-refractivity contribution in [2.45, 2.75) is 38.0 Å². The number of allylic oxidation sites excluding steroid dienone is 14. The molecule has 3 aromatic rings. The Hall–Kier alpha value is -5.01. The standard InChI is InChI=1S/C45H41N/c1-3-12-44(4-2)46-31-40-24-23-39(30-45(40)34-15-6-5-7-16-34)43-28-41(37-21-19-32-13-8-10-17-35(32)25-37)27-42(29-43)38-22-20-33-14-9-11-18-36(33)26-38/h3-10,12-16,19-27,30-31,35,41,43H,1-2,11,17-18,28-29H2/b44-12+,46-31+. The Morgan fingerprint density at radius 3 is 2.59 bits per heavy atom. The fraction of sp³-hybridized carbons (Fsp3) is 0.178. The molecule has 4 aliphatic carbocycles. The predicted octanol–water partition coefficient (Wildman–Crippen LogP) is 11.6. The minimum Gasteiger partial charge on any atom is -0.256 e. The van der Waals surface area contributed by atoms with Gasteiger partial charge in [-0.15, -0.1) is 0 Å². The van der Waals surface area contributed by atoms with Gasteiger partial charge in [-0.3, -0.25) is 4.99 Å². The van der Waals surface area contributed by atoms with Crippen LogP contribution >= 0.6 is 0 Å². The molecule has 3 unspecified atom stereocenters. The zero-order valence-electron chi connectivity index (χ0n) is 26.5. The first kappa shape index (κ1) is 29.7. The normalized spacial score (nSPS) is 22.0. The Balaban J connectivity index is 1.28. The molecular formula is C45H41N. The molecule has 0 aromatic heterocycles. The smallest absolute Gasteiger partial charge is 0.0623 e. The Morgan fingerprint density at radius 1 is 0.826 bits per heavy atom. The molecule has 7 rings (SSSR count). The van der Waals surface area contributed by atoms with Gasteiger partial charge in [-0.1, -0.05) is 141 Å². The molecule has 0 aliphatic heterocycles. The molecule has 3 aromatic carbocycles. The van der Waals surface area contributed by atoms with Crippen LogP contribution in [-0.2, 0) is 6.42 Å². The van der Waals surface area contributed by atoms with Crippen LogP contribution in [0.25, 0.3) is 22.8 Å². The largest absolute Gasteiger partial charge is 0.256 e. The summed E-state index contributed by atoms with van der Waals surface area (Å²) in [6.45, 7) is 7.74. The first-order chi connectivity index (χ1) is 22.7. The summed E-state index contributed by atoms with van der Waals surface area (Å²) in [5, 5.41) is 0. The van der Waals surface area contributed by atoms with Crippen molar-refractivity contribution >= 4 is 17.9 Å². The summed E-state index contributed by atoms with van der Waals surface area (Å²) in [7, 11) is 0. The molecule has 1 nitrogen and oxygen atoms in total. The molecule has 0 heterocycles. The SMILES string of the molecule is C=C/C=C(C=C)/N=C/c1ccc(C2CC(c3ccc4c(c3)CCC=C4)=CC(C3=CC4CC=CC=C4C=C3)C2)cc1-c1ccccc1. The van der Waals surface area contributed by atoms with Gasteiger partial charge >= 0.3 is 0 Å². The van der Waals surface area contributed by atoms with E-state index in [0.29, 0.717) is 17.8 Å². The molecule has 0 radical (unpaired) electrons. The molecule has 3 atom stereocenters. The van der Waals surface area contributed by atoms with E-state index in [1.807, 2.05) is 12.3 Å². The van der Waals surface area contributed by atoms with E-state index in [1.165, 1.54) is 50.1 Å². The van der Waals surface area contributed by atoms with E-state index in [0.717, 1.165) is 43.4 Å². The van der Waals surface area contributed by atoms with Crippen LogP contribution in [-0.4, -0.2) is 6.21 Å². The van der Waals surface area contributed by atoms with Crippen molar-refractivity contribution in [3.8, 4) is 11.1 Å². The van der Waals surface area contributed by atoms with Gasteiger partial charge in [-0.05, 0) is 100 Å². The van der Waals surface area contributed by atoms with Gasteiger partial charge in [0.1, 0.15) is 0 Å². The average molecular weight is 596 g/mol. The summed E-state index contributed by atoms with van der Waals surface area (Å²) in [4.78, 5) is 4.73. The third kappa shape index (κ3) is 6.37. The minimum absolute atomic E-state index is 0.369. The van der Waals surface area contributed by atoms with Crippen LogP contribution in [0, 0.1) is 11.8 Å². The zero-order chi connectivity index (χ0) is 31.3. The van der Waals surface area contributed by atoms with Crippen LogP contribution in [0.4, 0.5) is 0 Å². The maximum atomic E-state index is 4.73. The Labute approximate surface area is 274 Å². The van der Waals surface area contributed by atoms with Gasteiger partial charge in [-0.2, -0.15) is 0 Å². The van der Waals surface area contributed by atoms with Gasteiger partial charge in [0.05, 0.1) is 5.70 Å². The van der Waals surface area contributed by atoms with Crippen molar-refractivity contribution in [1.29, 1.82) is 0 Å². The highest BCUT2D eigenvalue weighted by Crippen LogP contribution is 2.45. The Morgan fingerprint density at radius 2 is 1.72 bits per heavy atom. The number of aryl methyl sites for hydroxylation is 1. The predicted molar refractivity (Wildman–Crippen MR) is 198 cm³/mol. The molecule has 0 fully saturated rings. The topological polar surface area (TPSA) is 12.4 Å². The molecule has 4 aliphatic rings. The zero-order valence-corrected chi connectivity index (χ0v) is 26.5. The first-order valence-electron chi connectivity index (χ1n) is 16.6. The molecule has 226 valence electrons. The fourth-order valence-corrected chi connectivity index (χ4v) is 7.34. The summed E-state index contributed by atoms with van der Waals surface area (Å²) in [5.41, 5.74) is 14.3. The van der Waals surface area contributed by atoms with E-state index in [4.69, 9.17) is 4.99 Å². The summed E-state index contributed by atoms with van der Waals surface area (Å²) < 4.78 is 0. The van der Waals surface area contributed by atoms with Gasteiger partial charge in [0.2, 0.25) is 0 Å². The van der Waals surface area contributed by atoms with E-state index in [2.05, 4.69) is 135 Å². The maximum Gasteiger partial charge on any atom is 0.0623 e. The van der Waals surface area contributed by atoms with Crippen molar-refractivity contribution in [3.63, 3.8) is 0 Å². The quantitative estimate of drug-likeness (QED) is 0.181. The summed E-state index contributed by atoms with van der Waals surface area (Å²) >= 11 is 0. The van der Waals surface area contributed by atoms with Crippen molar-refractivity contribution < 1.29 is 0 Å². The summed E-state index contributed by atoms with van der Waals surface area (Å²) in [6.07, 6.45) is 34.0. The first-order valence-corrected chi connectivity index (χ1v) is 16.6. The highest BCUT2D eigenvalue weighted by Gasteiger charge is 2.29. The van der Waals surface area contributed by atoms with E-state index < -0.39 is 0 Å². The second-order valence-corrected chi connectivity index (χ2v) is 12.7. The van der Waals surface area contributed by atoms with Gasteiger partial charge in [0.15, 0.2) is 0 Å². The molecule has 46 heavy (non-hydrogen) atoms. The molecule has 0 saturated carbocycles. The molecule has 0 spiro atoms. The number of fused-ring (bicyclic) bond motifs is 2. The monoisotopic (exact) mass is 595 g/mol. The van der Waals surface area contributed by atoms with Gasteiger partial charge in [0, 0.05) is 23.6 Å². The molecule has 1 heteroatoms. The number of hydrogen-bond donors (Lipinski definition) is 0. The van der Waals surface area contributed by atoms with Crippen LogP contribution in [0.3, 0.4) is 0 Å². The average Bonchev–Trinajstić information content (AvgIpc) is 3.13. The van der Waals surface area contributed by atoms with Crippen molar-refractivity contribution in [2.75, 3.05) is 0 Å². The summed E-state index contributed by atoms with van der Waals surface area (Å²) in [5.74, 6) is 1.25. The van der Waals surface area contributed by atoms with E-state index >= 15 is 0 Å². The number of benzene rings is 3. The molecular weight excluding hydrogens is 555 g/mol. The second-order valence-electron chi connectivity index (χ2n) is 12.7. The van der Waals surface area contributed by atoms with Crippen LogP contribution in [0.2, 0.25) is 0 Å². The molecule has 0 bridgehead atoms. The third-order valence-corrected chi connectivity index (χ3v) is 9.82. The lowest BCUT2D eigenvalue weighted by molar-refractivity contribution is 0.540. The summed E-state index contributed by atoms with van der Waals surface area (Å²) in [6, 6.07) is 24.8. The maximum absolute atomic E-state index is 4.73. The van der Waals surface area contributed by atoms with Crippen LogP contribution < -0.4 is 0 Å². The lowest BCUT2D eigenvalue weighted by Gasteiger charge is -2.33. The number of nitrogens with zero attached hydrogens (tertiary/aromatic N) is 1. The minimum atomic E-state index is 0.369. The highest BCUT2D eigenvalue weighted by atomic mass is 14.7. The Bertz CT molecular complexity index is 1900. The van der Waals surface area contributed by atoms with E-state index in [9.17, 15) is 0 Å². The van der Waals surface area contributed by atoms with Crippen LogP contribution in [0.15, 0.2) is 169 Å². The van der Waals surface area contributed by atoms with Crippen LogP contribution in [0.1, 0.15) is 59.4 Å². The van der Waals surface area contributed by atoms with Gasteiger partial charge in [0.25, 0.3) is 0 Å². The number of aliphatic imine (C=N–C) groups is 1. The molecule has 0 N–H and O–H groups in total. The fourth-order valence-electron chi connectivity index (χ4n) is 7.34. The highest BCUT2D eigenvalue weighted by molar-refractivity contribution is 5.91. The van der Waals surface area contributed by atoms with E-state index in [1.54, 1.807) is 12.2 Å². The second kappa shape index (κ2) is 13.5. The van der Waals surface area contributed by atoms with Gasteiger partial charge in [-0.25, -0.2) is 0 Å². The molecule has 0 amide bonds. The number of hydrogen-bond acceptors (Lipinski definition) is 1. The third-order valence-electron chi connectivity index (χ3n) is 9.82. The van der Waals surface area contributed by atoms with Gasteiger partial charge < -0.3 is 0 Å². The van der Waals surface area contributed by atoms with Crippen molar-refractivity contribution in [2.24, 2.45) is 16.8 Å². The lowest BCUT2D eigenvalue weighted by atomic mass is 9.72. The lowest BCUT2D eigenvalue weighted by Crippen LogP contribution is -2.17. The van der Waals surface area contributed by atoms with Crippen molar-refractivity contribution in [3.05, 3.63) is 191 Å².